The van der Waals surface area contributed by atoms with Crippen molar-refractivity contribution in [3.63, 3.8) is 0 Å². The first kappa shape index (κ1) is 19.1. The Morgan fingerprint density at radius 2 is 1.44 bits per heavy atom. The molecule has 0 radical (unpaired) electrons. The van der Waals surface area contributed by atoms with E-state index in [9.17, 15) is 9.59 Å². The number of halogens is 1. The zero-order valence-corrected chi connectivity index (χ0v) is 16.3. The number of fused-ring (bicyclic) bond motifs is 1. The maximum Gasteiger partial charge on any atom is 0.344 e. The van der Waals surface area contributed by atoms with Crippen molar-refractivity contribution in [2.24, 2.45) is 0 Å². The molecule has 0 aliphatic carbocycles. The van der Waals surface area contributed by atoms with E-state index in [4.69, 9.17) is 9.47 Å². The Kier molecular flexibility index (Phi) is 6.60. The average molecular weight is 427 g/mol. The number of benzene rings is 3. The highest BCUT2D eigenvalue weighted by molar-refractivity contribution is 9.09. The molecule has 0 aliphatic heterocycles. The molecule has 0 fully saturated rings. The standard InChI is InChI=1S/C22H19BrO4/c23-15-6-5-14-21(24)26-19-12-3-4-13-20(19)27-22(25)18-11-7-9-16-8-1-2-10-17(16)18/h1-4,7-13H,5-6,14-15H2. The van der Waals surface area contributed by atoms with Gasteiger partial charge in [0.05, 0.1) is 5.56 Å². The van der Waals surface area contributed by atoms with Crippen LogP contribution >= 0.6 is 15.9 Å². The molecule has 3 rings (SSSR count). The third-order valence-electron chi connectivity index (χ3n) is 4.05. The molecular weight excluding hydrogens is 408 g/mol. The quantitative estimate of drug-likeness (QED) is 0.215. The van der Waals surface area contributed by atoms with Crippen molar-refractivity contribution in [3.8, 4) is 11.5 Å². The molecule has 3 aromatic carbocycles. The number of esters is 2. The molecule has 27 heavy (non-hydrogen) atoms. The molecule has 0 aliphatic rings. The van der Waals surface area contributed by atoms with Crippen LogP contribution in [0.5, 0.6) is 11.5 Å². The lowest BCUT2D eigenvalue weighted by atomic mass is 10.0. The van der Waals surface area contributed by atoms with E-state index in [2.05, 4.69) is 15.9 Å². The van der Waals surface area contributed by atoms with Crippen LogP contribution in [0.1, 0.15) is 29.6 Å². The van der Waals surface area contributed by atoms with Crippen LogP contribution in [-0.2, 0) is 4.79 Å². The Morgan fingerprint density at radius 1 is 0.778 bits per heavy atom. The van der Waals surface area contributed by atoms with Crippen molar-refractivity contribution in [1.82, 2.24) is 0 Å². The Bertz CT molecular complexity index is 946. The van der Waals surface area contributed by atoms with Crippen LogP contribution in [0, 0.1) is 0 Å². The Hall–Kier alpha value is -2.66. The Labute approximate surface area is 166 Å². The van der Waals surface area contributed by atoms with Gasteiger partial charge < -0.3 is 9.47 Å². The van der Waals surface area contributed by atoms with Gasteiger partial charge in [-0.1, -0.05) is 64.5 Å². The van der Waals surface area contributed by atoms with E-state index in [0.717, 1.165) is 28.9 Å². The van der Waals surface area contributed by atoms with Gasteiger partial charge in [-0.3, -0.25) is 4.79 Å². The maximum atomic E-state index is 12.7. The number of hydrogen-bond donors (Lipinski definition) is 0. The number of unbranched alkanes of at least 4 members (excludes halogenated alkanes) is 1. The number of para-hydroxylation sites is 2. The monoisotopic (exact) mass is 426 g/mol. The zero-order valence-electron chi connectivity index (χ0n) is 14.7. The summed E-state index contributed by atoms with van der Waals surface area (Å²) in [5.41, 5.74) is 0.464. The number of hydrogen-bond acceptors (Lipinski definition) is 4. The van der Waals surface area contributed by atoms with E-state index in [-0.39, 0.29) is 17.5 Å². The lowest BCUT2D eigenvalue weighted by molar-refractivity contribution is -0.134. The maximum absolute atomic E-state index is 12.7. The summed E-state index contributed by atoms with van der Waals surface area (Å²) in [6.45, 7) is 0. The molecule has 0 aromatic heterocycles. The number of rotatable bonds is 7. The molecule has 138 valence electrons. The number of carbonyl (C=O) groups is 2. The van der Waals surface area contributed by atoms with Gasteiger partial charge in [-0.25, -0.2) is 4.79 Å². The first-order valence-electron chi connectivity index (χ1n) is 8.74. The zero-order chi connectivity index (χ0) is 19.1. The first-order chi connectivity index (χ1) is 13.2. The molecular formula is C22H19BrO4. The van der Waals surface area contributed by atoms with Gasteiger partial charge in [0.25, 0.3) is 0 Å². The van der Waals surface area contributed by atoms with Gasteiger partial charge in [-0.05, 0) is 41.8 Å². The van der Waals surface area contributed by atoms with Gasteiger partial charge in [0.2, 0.25) is 0 Å². The largest absolute Gasteiger partial charge is 0.423 e. The predicted molar refractivity (Wildman–Crippen MR) is 109 cm³/mol. The van der Waals surface area contributed by atoms with Crippen LogP contribution < -0.4 is 9.47 Å². The van der Waals surface area contributed by atoms with E-state index >= 15 is 0 Å². The van der Waals surface area contributed by atoms with E-state index in [1.807, 2.05) is 36.4 Å². The highest BCUT2D eigenvalue weighted by Crippen LogP contribution is 2.29. The van der Waals surface area contributed by atoms with Crippen molar-refractivity contribution in [2.45, 2.75) is 19.3 Å². The molecule has 0 heterocycles. The van der Waals surface area contributed by atoms with Crippen molar-refractivity contribution in [2.75, 3.05) is 5.33 Å². The second-order valence-electron chi connectivity index (χ2n) is 5.98. The summed E-state index contributed by atoms with van der Waals surface area (Å²) in [4.78, 5) is 24.7. The smallest absolute Gasteiger partial charge is 0.344 e. The molecule has 0 N–H and O–H groups in total. The molecule has 0 spiro atoms. The molecule has 4 nitrogen and oxygen atoms in total. The molecule has 3 aromatic rings. The third-order valence-corrected chi connectivity index (χ3v) is 4.61. The molecule has 5 heteroatoms. The van der Waals surface area contributed by atoms with Gasteiger partial charge in [0, 0.05) is 11.8 Å². The van der Waals surface area contributed by atoms with E-state index in [1.165, 1.54) is 0 Å². The number of alkyl halides is 1. The third kappa shape index (κ3) is 4.95. The van der Waals surface area contributed by atoms with Gasteiger partial charge in [0.1, 0.15) is 0 Å². The normalized spacial score (nSPS) is 10.6. The van der Waals surface area contributed by atoms with E-state index in [1.54, 1.807) is 30.3 Å². The molecule has 0 saturated carbocycles. The fraction of sp³-hybridized carbons (Fsp3) is 0.182. The van der Waals surface area contributed by atoms with Crippen molar-refractivity contribution >= 4 is 38.6 Å². The van der Waals surface area contributed by atoms with Crippen LogP contribution in [0.25, 0.3) is 10.8 Å². The van der Waals surface area contributed by atoms with E-state index < -0.39 is 5.97 Å². The van der Waals surface area contributed by atoms with Crippen molar-refractivity contribution < 1.29 is 19.1 Å². The Morgan fingerprint density at radius 3 is 2.22 bits per heavy atom. The summed E-state index contributed by atoms with van der Waals surface area (Å²) in [6, 6.07) is 19.8. The van der Waals surface area contributed by atoms with Crippen molar-refractivity contribution in [3.05, 3.63) is 72.3 Å². The summed E-state index contributed by atoms with van der Waals surface area (Å²) >= 11 is 3.33. The van der Waals surface area contributed by atoms with Crippen LogP contribution in [-0.4, -0.2) is 17.3 Å². The van der Waals surface area contributed by atoms with Gasteiger partial charge in [0.15, 0.2) is 11.5 Å². The summed E-state index contributed by atoms with van der Waals surface area (Å²) in [5, 5.41) is 2.62. The highest BCUT2D eigenvalue weighted by Gasteiger charge is 2.16. The van der Waals surface area contributed by atoms with Crippen LogP contribution in [0.15, 0.2) is 66.7 Å². The molecule has 0 saturated heterocycles. The fourth-order valence-electron chi connectivity index (χ4n) is 2.71. The fourth-order valence-corrected chi connectivity index (χ4v) is 3.11. The summed E-state index contributed by atoms with van der Waals surface area (Å²) in [6.07, 6.45) is 1.95. The summed E-state index contributed by atoms with van der Waals surface area (Å²) in [5.74, 6) is -0.363. The summed E-state index contributed by atoms with van der Waals surface area (Å²) in [7, 11) is 0. The number of carbonyl (C=O) groups excluding carboxylic acids is 2. The lowest BCUT2D eigenvalue weighted by Crippen LogP contribution is -2.12. The molecule has 0 amide bonds. The van der Waals surface area contributed by atoms with Gasteiger partial charge >= 0.3 is 11.9 Å². The van der Waals surface area contributed by atoms with Crippen LogP contribution in [0.3, 0.4) is 0 Å². The highest BCUT2D eigenvalue weighted by atomic mass is 79.9. The van der Waals surface area contributed by atoms with Gasteiger partial charge in [-0.15, -0.1) is 0 Å². The van der Waals surface area contributed by atoms with Gasteiger partial charge in [-0.2, -0.15) is 0 Å². The van der Waals surface area contributed by atoms with Crippen LogP contribution in [0.2, 0.25) is 0 Å². The molecule has 0 unspecified atom stereocenters. The van der Waals surface area contributed by atoms with E-state index in [0.29, 0.717) is 12.0 Å². The minimum atomic E-state index is -0.491. The van der Waals surface area contributed by atoms with Crippen LogP contribution in [0.4, 0.5) is 0 Å². The van der Waals surface area contributed by atoms with Crippen molar-refractivity contribution in [1.29, 1.82) is 0 Å². The minimum absolute atomic E-state index is 0.226. The topological polar surface area (TPSA) is 52.6 Å². The minimum Gasteiger partial charge on any atom is -0.423 e. The average Bonchev–Trinajstić information content (AvgIpc) is 2.69. The molecule has 0 bridgehead atoms. The second-order valence-corrected chi connectivity index (χ2v) is 6.78. The predicted octanol–water partition coefficient (Wildman–Crippen LogP) is 5.53. The molecule has 0 atom stereocenters. The Balaban J connectivity index is 1.77. The lowest BCUT2D eigenvalue weighted by Gasteiger charge is -2.11. The second kappa shape index (κ2) is 9.33. The SMILES string of the molecule is O=C(CCCCBr)Oc1ccccc1OC(=O)c1cccc2ccccc12. The number of ether oxygens (including phenoxy) is 2. The summed E-state index contributed by atoms with van der Waals surface area (Å²) < 4.78 is 10.9. The first-order valence-corrected chi connectivity index (χ1v) is 9.87.